The van der Waals surface area contributed by atoms with Gasteiger partial charge >= 0.3 is 0 Å². The fourth-order valence-corrected chi connectivity index (χ4v) is 4.45. The lowest BCUT2D eigenvalue weighted by Gasteiger charge is -2.18. The van der Waals surface area contributed by atoms with Gasteiger partial charge in [-0.15, -0.1) is 11.3 Å². The maximum atomic E-state index is 6.07. The Morgan fingerprint density at radius 3 is 3.00 bits per heavy atom. The van der Waals surface area contributed by atoms with E-state index in [0.29, 0.717) is 5.82 Å². The zero-order valence-corrected chi connectivity index (χ0v) is 12.9. The lowest BCUT2D eigenvalue weighted by molar-refractivity contribution is 0.509. The van der Waals surface area contributed by atoms with E-state index in [4.69, 9.17) is 5.73 Å². The van der Waals surface area contributed by atoms with E-state index in [9.17, 15) is 0 Å². The summed E-state index contributed by atoms with van der Waals surface area (Å²) < 4.78 is 1.74. The van der Waals surface area contributed by atoms with Crippen LogP contribution in [0.3, 0.4) is 0 Å². The Morgan fingerprint density at radius 2 is 2.24 bits per heavy atom. The van der Waals surface area contributed by atoms with Gasteiger partial charge in [-0.25, -0.2) is 9.97 Å². The number of nitrogens with zero attached hydrogens (tertiary/aromatic N) is 4. The fourth-order valence-electron chi connectivity index (χ4n) is 3.11. The van der Waals surface area contributed by atoms with Crippen molar-refractivity contribution in [3.8, 4) is 5.82 Å². The van der Waals surface area contributed by atoms with E-state index in [-0.39, 0.29) is 0 Å². The Labute approximate surface area is 126 Å². The van der Waals surface area contributed by atoms with Crippen molar-refractivity contribution in [3.05, 3.63) is 28.5 Å². The molecule has 0 radical (unpaired) electrons. The molecule has 0 spiro atoms. The lowest BCUT2D eigenvalue weighted by atomic mass is 9.89. The molecule has 0 fully saturated rings. The molecular weight excluding hydrogens is 282 g/mol. The summed E-state index contributed by atoms with van der Waals surface area (Å²) >= 11 is 1.79. The number of aryl methyl sites for hydroxylation is 2. The van der Waals surface area contributed by atoms with Gasteiger partial charge in [0.25, 0.3) is 0 Å². The minimum Gasteiger partial charge on any atom is -0.384 e. The summed E-state index contributed by atoms with van der Waals surface area (Å²) in [5.74, 6) is 2.19. The van der Waals surface area contributed by atoms with Crippen LogP contribution in [0.25, 0.3) is 16.0 Å². The Balaban J connectivity index is 2.00. The van der Waals surface area contributed by atoms with Crippen LogP contribution >= 0.6 is 11.3 Å². The van der Waals surface area contributed by atoms with E-state index >= 15 is 0 Å². The Hall–Kier alpha value is -1.95. The molecule has 5 nitrogen and oxygen atoms in total. The average molecular weight is 299 g/mol. The van der Waals surface area contributed by atoms with Gasteiger partial charge in [0.05, 0.1) is 11.1 Å². The Kier molecular flexibility index (Phi) is 2.75. The second-order valence-electron chi connectivity index (χ2n) is 5.85. The molecule has 3 aromatic heterocycles. The zero-order valence-electron chi connectivity index (χ0n) is 12.1. The monoisotopic (exact) mass is 299 g/mol. The quantitative estimate of drug-likeness (QED) is 0.750. The third kappa shape index (κ3) is 1.93. The van der Waals surface area contributed by atoms with E-state index in [2.05, 4.69) is 22.0 Å². The first kappa shape index (κ1) is 12.8. The smallest absolute Gasteiger partial charge is 0.168 e. The number of thiophene rings is 1. The van der Waals surface area contributed by atoms with Crippen LogP contribution in [0.2, 0.25) is 0 Å². The minimum atomic E-state index is 0.622. The third-order valence-corrected chi connectivity index (χ3v) is 5.29. The van der Waals surface area contributed by atoms with Gasteiger partial charge in [0, 0.05) is 10.9 Å². The number of nitrogens with two attached hydrogens (primary N) is 1. The highest BCUT2D eigenvalue weighted by atomic mass is 32.1. The van der Waals surface area contributed by atoms with Crippen LogP contribution in [0, 0.1) is 12.8 Å². The summed E-state index contributed by atoms with van der Waals surface area (Å²) in [4.78, 5) is 11.4. The number of hydrogen-bond donors (Lipinski definition) is 1. The predicted molar refractivity (Wildman–Crippen MR) is 84.9 cm³/mol. The van der Waals surface area contributed by atoms with Gasteiger partial charge in [0.15, 0.2) is 5.82 Å². The molecule has 0 saturated carbocycles. The molecule has 2 N–H and O–H groups in total. The first-order chi connectivity index (χ1) is 10.1. The average Bonchev–Trinajstić information content (AvgIpc) is 2.97. The van der Waals surface area contributed by atoms with Crippen molar-refractivity contribution in [3.63, 3.8) is 0 Å². The number of aromatic nitrogens is 4. The molecule has 1 aliphatic carbocycles. The van der Waals surface area contributed by atoms with E-state index in [1.807, 2.05) is 13.0 Å². The van der Waals surface area contributed by atoms with Crippen molar-refractivity contribution in [2.75, 3.05) is 5.73 Å². The summed E-state index contributed by atoms with van der Waals surface area (Å²) in [7, 11) is 0. The first-order valence-electron chi connectivity index (χ1n) is 7.21. The van der Waals surface area contributed by atoms with Crippen LogP contribution < -0.4 is 5.73 Å². The molecule has 3 aromatic rings. The van der Waals surface area contributed by atoms with E-state index in [1.54, 1.807) is 22.3 Å². The SMILES string of the molecule is Cc1cc(N)n(-c2ncnc3sc4c(c23)CC[C@@H](C)C4)n1. The van der Waals surface area contributed by atoms with Crippen LogP contribution in [-0.2, 0) is 12.8 Å². The maximum absolute atomic E-state index is 6.07. The number of fused-ring (bicyclic) bond motifs is 3. The van der Waals surface area contributed by atoms with E-state index in [1.165, 1.54) is 16.9 Å². The van der Waals surface area contributed by atoms with Gasteiger partial charge in [-0.2, -0.15) is 9.78 Å². The standard InChI is InChI=1S/C15H17N5S/c1-8-3-4-10-11(5-8)21-15-13(10)14(17-7-18-15)20-12(16)6-9(2)19-20/h6-8H,3-5,16H2,1-2H3/t8-/m1/s1. The predicted octanol–water partition coefficient (Wildman–Crippen LogP) is 2.89. The molecule has 0 aliphatic heterocycles. The highest BCUT2D eigenvalue weighted by Crippen LogP contribution is 2.39. The second kappa shape index (κ2) is 4.53. The molecule has 0 aromatic carbocycles. The van der Waals surface area contributed by atoms with Crippen molar-refractivity contribution in [2.45, 2.75) is 33.1 Å². The number of nitrogen functional groups attached to an aromatic ring is 1. The van der Waals surface area contributed by atoms with Crippen LogP contribution in [0.1, 0.15) is 29.5 Å². The van der Waals surface area contributed by atoms with Gasteiger partial charge in [0.1, 0.15) is 17.0 Å². The van der Waals surface area contributed by atoms with Crippen molar-refractivity contribution in [1.82, 2.24) is 19.7 Å². The summed E-state index contributed by atoms with van der Waals surface area (Å²) in [6.07, 6.45) is 5.07. The molecule has 3 heterocycles. The second-order valence-corrected chi connectivity index (χ2v) is 6.94. The first-order valence-corrected chi connectivity index (χ1v) is 8.03. The molecule has 0 unspecified atom stereocenters. The highest BCUT2D eigenvalue weighted by Gasteiger charge is 2.24. The van der Waals surface area contributed by atoms with Crippen LogP contribution in [0.4, 0.5) is 5.82 Å². The van der Waals surface area contributed by atoms with Crippen molar-refractivity contribution >= 4 is 27.4 Å². The molecule has 1 atom stereocenters. The Bertz CT molecular complexity index is 832. The molecule has 0 bridgehead atoms. The van der Waals surface area contributed by atoms with Crippen LogP contribution in [0.5, 0.6) is 0 Å². The van der Waals surface area contributed by atoms with Crippen molar-refractivity contribution in [2.24, 2.45) is 5.92 Å². The summed E-state index contributed by atoms with van der Waals surface area (Å²) in [6.45, 7) is 4.25. The van der Waals surface area contributed by atoms with Crippen LogP contribution in [0.15, 0.2) is 12.4 Å². The molecule has 0 amide bonds. The van der Waals surface area contributed by atoms with Crippen molar-refractivity contribution in [1.29, 1.82) is 0 Å². The van der Waals surface area contributed by atoms with Gasteiger partial charge in [-0.3, -0.25) is 0 Å². The molecule has 4 rings (SSSR count). The molecule has 6 heteroatoms. The van der Waals surface area contributed by atoms with E-state index < -0.39 is 0 Å². The molecule has 1 aliphatic rings. The lowest BCUT2D eigenvalue weighted by Crippen LogP contribution is -2.10. The molecular formula is C15H17N5S. The molecule has 108 valence electrons. The maximum Gasteiger partial charge on any atom is 0.168 e. The number of rotatable bonds is 1. The number of anilines is 1. The Morgan fingerprint density at radius 1 is 1.38 bits per heavy atom. The highest BCUT2D eigenvalue weighted by molar-refractivity contribution is 7.18. The normalized spacial score (nSPS) is 18.1. The topological polar surface area (TPSA) is 69.6 Å². The van der Waals surface area contributed by atoms with Gasteiger partial charge in [-0.1, -0.05) is 6.92 Å². The fraction of sp³-hybridized carbons (Fsp3) is 0.400. The van der Waals surface area contributed by atoms with E-state index in [0.717, 1.165) is 40.5 Å². The summed E-state index contributed by atoms with van der Waals surface area (Å²) in [5, 5.41) is 5.62. The van der Waals surface area contributed by atoms with Gasteiger partial charge in [0.2, 0.25) is 0 Å². The zero-order chi connectivity index (χ0) is 14.6. The molecule has 0 saturated heterocycles. The minimum absolute atomic E-state index is 0.622. The van der Waals surface area contributed by atoms with Gasteiger partial charge < -0.3 is 5.73 Å². The molecule has 21 heavy (non-hydrogen) atoms. The summed E-state index contributed by atoms with van der Waals surface area (Å²) in [5.41, 5.74) is 8.37. The third-order valence-electron chi connectivity index (χ3n) is 4.13. The summed E-state index contributed by atoms with van der Waals surface area (Å²) in [6, 6.07) is 1.87. The van der Waals surface area contributed by atoms with Crippen molar-refractivity contribution < 1.29 is 0 Å². The number of hydrogen-bond acceptors (Lipinski definition) is 5. The van der Waals surface area contributed by atoms with Gasteiger partial charge in [-0.05, 0) is 37.7 Å². The largest absolute Gasteiger partial charge is 0.384 e. The van der Waals surface area contributed by atoms with Crippen LogP contribution in [-0.4, -0.2) is 19.7 Å².